The van der Waals surface area contributed by atoms with Crippen LogP contribution in [0.1, 0.15) is 41.6 Å². The van der Waals surface area contributed by atoms with Gasteiger partial charge in [0, 0.05) is 12.5 Å². The average Bonchev–Trinajstić information content (AvgIpc) is 3.26. The Morgan fingerprint density at radius 3 is 2.55 bits per heavy atom. The van der Waals surface area contributed by atoms with Gasteiger partial charge in [0.25, 0.3) is 0 Å². The summed E-state index contributed by atoms with van der Waals surface area (Å²) < 4.78 is 5.03. The number of benzene rings is 1. The van der Waals surface area contributed by atoms with Crippen LogP contribution in [0.3, 0.4) is 0 Å². The van der Waals surface area contributed by atoms with Crippen molar-refractivity contribution in [1.29, 1.82) is 0 Å². The first kappa shape index (κ1) is 14.9. The summed E-state index contributed by atoms with van der Waals surface area (Å²) >= 11 is 0. The summed E-state index contributed by atoms with van der Waals surface area (Å²) in [6, 6.07) is 4.97. The van der Waals surface area contributed by atoms with Crippen LogP contribution in [0.5, 0.6) is 5.75 Å². The number of carbonyl (C=O) groups is 2. The molecule has 0 unspecified atom stereocenters. The van der Waals surface area contributed by atoms with Crippen molar-refractivity contribution in [3.8, 4) is 5.75 Å². The second kappa shape index (κ2) is 5.99. The van der Waals surface area contributed by atoms with Gasteiger partial charge in [-0.15, -0.1) is 0 Å². The highest BCUT2D eigenvalue weighted by atomic mass is 16.5. The zero-order valence-electron chi connectivity index (χ0n) is 12.7. The first-order valence-corrected chi connectivity index (χ1v) is 7.79. The standard InChI is InChI=1S/C17H21NO4/c1-22-14-7-6-10(8-13(14)17(20)21)9-18-16(19)15-11-4-2-3-5-12(11)15/h6-8,11-12,15H,2-5,9H2,1H3,(H,18,19)(H,20,21)/t11-,12-/m0/s1. The smallest absolute Gasteiger partial charge is 0.339 e. The lowest BCUT2D eigenvalue weighted by atomic mass is 10.0. The summed E-state index contributed by atoms with van der Waals surface area (Å²) in [7, 11) is 1.44. The monoisotopic (exact) mass is 303 g/mol. The van der Waals surface area contributed by atoms with E-state index in [1.54, 1.807) is 18.2 Å². The predicted molar refractivity (Wildman–Crippen MR) is 80.7 cm³/mol. The van der Waals surface area contributed by atoms with E-state index in [0.29, 0.717) is 24.1 Å². The molecule has 1 aromatic carbocycles. The Hall–Kier alpha value is -2.04. The van der Waals surface area contributed by atoms with Crippen LogP contribution in [0.25, 0.3) is 0 Å². The first-order valence-electron chi connectivity index (χ1n) is 7.79. The summed E-state index contributed by atoms with van der Waals surface area (Å²) in [4.78, 5) is 23.4. The molecule has 5 nitrogen and oxygen atoms in total. The van der Waals surface area contributed by atoms with Crippen molar-refractivity contribution in [2.75, 3.05) is 7.11 Å². The summed E-state index contributed by atoms with van der Waals surface area (Å²) in [5.74, 6) is 0.761. The van der Waals surface area contributed by atoms with E-state index < -0.39 is 5.97 Å². The zero-order valence-corrected chi connectivity index (χ0v) is 12.7. The largest absolute Gasteiger partial charge is 0.496 e. The summed E-state index contributed by atoms with van der Waals surface area (Å²) in [6.45, 7) is 0.360. The third-order valence-corrected chi connectivity index (χ3v) is 4.92. The molecule has 0 aromatic heterocycles. The molecule has 0 aliphatic heterocycles. The molecule has 0 bridgehead atoms. The number of nitrogens with one attached hydrogen (secondary N) is 1. The Morgan fingerprint density at radius 2 is 1.95 bits per heavy atom. The van der Waals surface area contributed by atoms with Gasteiger partial charge in [-0.25, -0.2) is 4.79 Å². The molecular weight excluding hydrogens is 282 g/mol. The first-order chi connectivity index (χ1) is 10.6. The maximum absolute atomic E-state index is 12.2. The highest BCUT2D eigenvalue weighted by Gasteiger charge is 2.54. The Labute approximate surface area is 129 Å². The van der Waals surface area contributed by atoms with Crippen LogP contribution in [-0.4, -0.2) is 24.1 Å². The number of hydrogen-bond donors (Lipinski definition) is 2. The van der Waals surface area contributed by atoms with Crippen LogP contribution in [0.2, 0.25) is 0 Å². The lowest BCUT2D eigenvalue weighted by Gasteiger charge is -2.09. The molecule has 1 aromatic rings. The number of carboxylic acid groups (broad SMARTS) is 1. The maximum atomic E-state index is 12.2. The van der Waals surface area contributed by atoms with Gasteiger partial charge in [0.05, 0.1) is 7.11 Å². The molecular formula is C17H21NO4. The highest BCUT2D eigenvalue weighted by Crippen LogP contribution is 2.55. The van der Waals surface area contributed by atoms with Crippen molar-refractivity contribution >= 4 is 11.9 Å². The molecule has 22 heavy (non-hydrogen) atoms. The van der Waals surface area contributed by atoms with Crippen LogP contribution < -0.4 is 10.1 Å². The van der Waals surface area contributed by atoms with E-state index in [9.17, 15) is 9.59 Å². The van der Waals surface area contributed by atoms with Gasteiger partial charge in [-0.3, -0.25) is 4.79 Å². The van der Waals surface area contributed by atoms with Crippen molar-refractivity contribution in [2.24, 2.45) is 17.8 Å². The lowest BCUT2D eigenvalue weighted by molar-refractivity contribution is -0.123. The Kier molecular flexibility index (Phi) is 4.05. The van der Waals surface area contributed by atoms with Crippen molar-refractivity contribution in [1.82, 2.24) is 5.32 Å². The van der Waals surface area contributed by atoms with E-state index in [4.69, 9.17) is 9.84 Å². The van der Waals surface area contributed by atoms with E-state index >= 15 is 0 Å². The molecule has 118 valence electrons. The number of ether oxygens (including phenoxy) is 1. The fourth-order valence-electron chi connectivity index (χ4n) is 3.72. The molecule has 0 radical (unpaired) electrons. The van der Waals surface area contributed by atoms with Gasteiger partial charge in [-0.2, -0.15) is 0 Å². The number of carboxylic acids is 1. The highest BCUT2D eigenvalue weighted by molar-refractivity contribution is 5.91. The third-order valence-electron chi connectivity index (χ3n) is 4.92. The second-order valence-electron chi connectivity index (χ2n) is 6.20. The van der Waals surface area contributed by atoms with Gasteiger partial charge in [0.2, 0.25) is 5.91 Å². The molecule has 0 saturated heterocycles. The van der Waals surface area contributed by atoms with Gasteiger partial charge in [-0.1, -0.05) is 18.9 Å². The number of fused-ring (bicyclic) bond motifs is 1. The van der Waals surface area contributed by atoms with Crippen molar-refractivity contribution in [3.05, 3.63) is 29.3 Å². The minimum Gasteiger partial charge on any atom is -0.496 e. The number of hydrogen-bond acceptors (Lipinski definition) is 3. The Balaban J connectivity index is 1.61. The van der Waals surface area contributed by atoms with Gasteiger partial charge >= 0.3 is 5.97 Å². The van der Waals surface area contributed by atoms with Crippen LogP contribution in [0.4, 0.5) is 0 Å². The lowest BCUT2D eigenvalue weighted by Crippen LogP contribution is -2.25. The van der Waals surface area contributed by atoms with Crippen molar-refractivity contribution in [2.45, 2.75) is 32.2 Å². The molecule has 2 fully saturated rings. The number of methoxy groups -OCH3 is 1. The van der Waals surface area contributed by atoms with Crippen molar-refractivity contribution < 1.29 is 19.4 Å². The minimum absolute atomic E-state index is 0.115. The molecule has 2 saturated carbocycles. The van der Waals surface area contributed by atoms with E-state index in [1.807, 2.05) is 0 Å². The molecule has 1 amide bonds. The number of carbonyl (C=O) groups excluding carboxylic acids is 1. The van der Waals surface area contributed by atoms with Crippen LogP contribution in [0.15, 0.2) is 18.2 Å². The van der Waals surface area contributed by atoms with Gasteiger partial charge < -0.3 is 15.2 Å². The molecule has 2 aliphatic carbocycles. The Morgan fingerprint density at radius 1 is 1.27 bits per heavy atom. The molecule has 5 heteroatoms. The molecule has 0 heterocycles. The van der Waals surface area contributed by atoms with Crippen LogP contribution in [0, 0.1) is 17.8 Å². The van der Waals surface area contributed by atoms with Crippen LogP contribution >= 0.6 is 0 Å². The second-order valence-corrected chi connectivity index (χ2v) is 6.20. The summed E-state index contributed by atoms with van der Waals surface area (Å²) in [6.07, 6.45) is 4.83. The van der Waals surface area contributed by atoms with E-state index in [2.05, 4.69) is 5.32 Å². The SMILES string of the molecule is COc1ccc(CNC(=O)C2[C@H]3CCCC[C@H]23)cc1C(=O)O. The predicted octanol–water partition coefficient (Wildman–Crippen LogP) is 2.45. The van der Waals surface area contributed by atoms with Gasteiger partial charge in [0.1, 0.15) is 11.3 Å². The minimum atomic E-state index is -1.03. The molecule has 3 rings (SSSR count). The topological polar surface area (TPSA) is 75.6 Å². The number of rotatable bonds is 5. The van der Waals surface area contributed by atoms with Crippen molar-refractivity contribution in [3.63, 3.8) is 0 Å². The molecule has 2 N–H and O–H groups in total. The average molecular weight is 303 g/mol. The quantitative estimate of drug-likeness (QED) is 0.876. The molecule has 0 spiro atoms. The fraction of sp³-hybridized carbons (Fsp3) is 0.529. The normalized spacial score (nSPS) is 26.0. The summed E-state index contributed by atoms with van der Waals surface area (Å²) in [5, 5.41) is 12.1. The van der Waals surface area contributed by atoms with E-state index in [1.165, 1.54) is 32.8 Å². The van der Waals surface area contributed by atoms with Gasteiger partial charge in [0.15, 0.2) is 0 Å². The summed E-state index contributed by atoms with van der Waals surface area (Å²) in [5.41, 5.74) is 0.893. The van der Waals surface area contributed by atoms with E-state index in [0.717, 1.165) is 5.56 Å². The number of amides is 1. The van der Waals surface area contributed by atoms with E-state index in [-0.39, 0.29) is 17.4 Å². The fourth-order valence-corrected chi connectivity index (χ4v) is 3.72. The zero-order chi connectivity index (χ0) is 15.7. The number of aromatic carboxylic acids is 1. The molecule has 2 atom stereocenters. The van der Waals surface area contributed by atoms with Crippen LogP contribution in [-0.2, 0) is 11.3 Å². The maximum Gasteiger partial charge on any atom is 0.339 e. The third kappa shape index (κ3) is 2.80. The van der Waals surface area contributed by atoms with Gasteiger partial charge in [-0.05, 0) is 42.4 Å². The molecule has 2 aliphatic rings. The Bertz CT molecular complexity index is 586.